The standard InChI is InChI=1S/C21H25N3O4S/c1-23(2)20(26)14-28-17-5-3-4-15(12-17)21(27)22-9-6-19(25)24-10-7-18-16(13-24)8-11-29-18/h3-5,8,11-12H,6-7,9-10,13-14H2,1-2H3,(H,22,27). The third-order valence-electron chi connectivity index (χ3n) is 4.74. The van der Waals surface area contributed by atoms with Crippen molar-refractivity contribution in [1.29, 1.82) is 0 Å². The number of likely N-dealkylation sites (N-methyl/N-ethyl adjacent to an activating group) is 1. The molecule has 0 fully saturated rings. The quantitative estimate of drug-likeness (QED) is 0.749. The Morgan fingerprint density at radius 2 is 2.07 bits per heavy atom. The van der Waals surface area contributed by atoms with E-state index in [-0.39, 0.29) is 37.3 Å². The van der Waals surface area contributed by atoms with Crippen LogP contribution in [-0.2, 0) is 22.6 Å². The highest BCUT2D eigenvalue weighted by Crippen LogP contribution is 2.24. The molecule has 0 unspecified atom stereocenters. The average Bonchev–Trinajstić information content (AvgIpc) is 3.19. The average molecular weight is 416 g/mol. The summed E-state index contributed by atoms with van der Waals surface area (Å²) >= 11 is 1.74. The molecule has 1 N–H and O–H groups in total. The van der Waals surface area contributed by atoms with E-state index < -0.39 is 0 Å². The number of ether oxygens (including phenoxy) is 1. The minimum atomic E-state index is -0.277. The number of rotatable bonds is 7. The van der Waals surface area contributed by atoms with Crippen molar-refractivity contribution in [3.05, 3.63) is 51.7 Å². The van der Waals surface area contributed by atoms with Gasteiger partial charge in [0.15, 0.2) is 6.61 Å². The summed E-state index contributed by atoms with van der Waals surface area (Å²) in [6, 6.07) is 8.71. The van der Waals surface area contributed by atoms with Crippen LogP contribution >= 0.6 is 11.3 Å². The van der Waals surface area contributed by atoms with E-state index in [1.807, 2.05) is 4.90 Å². The number of nitrogens with zero attached hydrogens (tertiary/aromatic N) is 2. The van der Waals surface area contributed by atoms with Crippen molar-refractivity contribution in [2.45, 2.75) is 19.4 Å². The summed E-state index contributed by atoms with van der Waals surface area (Å²) in [4.78, 5) is 41.0. The largest absolute Gasteiger partial charge is 0.484 e. The maximum atomic E-state index is 12.4. The third-order valence-corrected chi connectivity index (χ3v) is 5.77. The Kier molecular flexibility index (Phi) is 6.87. The van der Waals surface area contributed by atoms with Crippen molar-refractivity contribution >= 4 is 29.1 Å². The number of carbonyl (C=O) groups excluding carboxylic acids is 3. The van der Waals surface area contributed by atoms with Crippen molar-refractivity contribution in [2.24, 2.45) is 0 Å². The van der Waals surface area contributed by atoms with Gasteiger partial charge in [-0.15, -0.1) is 11.3 Å². The van der Waals surface area contributed by atoms with Crippen molar-refractivity contribution in [3.63, 3.8) is 0 Å². The Balaban J connectivity index is 1.45. The Morgan fingerprint density at radius 1 is 1.24 bits per heavy atom. The molecular formula is C21H25N3O4S. The van der Waals surface area contributed by atoms with Gasteiger partial charge < -0.3 is 19.9 Å². The van der Waals surface area contributed by atoms with Crippen LogP contribution in [0.2, 0.25) is 0 Å². The number of hydrogen-bond acceptors (Lipinski definition) is 5. The molecule has 1 aliphatic heterocycles. The fraction of sp³-hybridized carbons (Fsp3) is 0.381. The summed E-state index contributed by atoms with van der Waals surface area (Å²) in [5, 5.41) is 4.84. The molecule has 0 saturated carbocycles. The second-order valence-electron chi connectivity index (χ2n) is 7.04. The summed E-state index contributed by atoms with van der Waals surface area (Å²) < 4.78 is 5.43. The molecule has 3 amide bonds. The lowest BCUT2D eigenvalue weighted by Crippen LogP contribution is -2.37. The molecule has 0 aliphatic carbocycles. The van der Waals surface area contributed by atoms with Gasteiger partial charge in [-0.1, -0.05) is 6.07 Å². The van der Waals surface area contributed by atoms with Gasteiger partial charge in [0.25, 0.3) is 11.8 Å². The minimum Gasteiger partial charge on any atom is -0.484 e. The number of thiophene rings is 1. The van der Waals surface area contributed by atoms with Crippen molar-refractivity contribution in [2.75, 3.05) is 33.8 Å². The van der Waals surface area contributed by atoms with Gasteiger partial charge in [-0.05, 0) is 41.6 Å². The monoisotopic (exact) mass is 415 g/mol. The lowest BCUT2D eigenvalue weighted by molar-refractivity contribution is -0.132. The molecule has 1 aromatic heterocycles. The maximum Gasteiger partial charge on any atom is 0.259 e. The van der Waals surface area contributed by atoms with Crippen LogP contribution in [0.3, 0.4) is 0 Å². The predicted molar refractivity (Wildman–Crippen MR) is 111 cm³/mol. The number of nitrogens with one attached hydrogen (secondary N) is 1. The highest BCUT2D eigenvalue weighted by atomic mass is 32.1. The van der Waals surface area contributed by atoms with Crippen LogP contribution in [0.5, 0.6) is 5.75 Å². The van der Waals surface area contributed by atoms with E-state index >= 15 is 0 Å². The van der Waals surface area contributed by atoms with Gasteiger partial charge in [-0.25, -0.2) is 0 Å². The van der Waals surface area contributed by atoms with Gasteiger partial charge in [0, 0.05) is 50.6 Å². The topological polar surface area (TPSA) is 79.0 Å². The first-order valence-corrected chi connectivity index (χ1v) is 10.4. The number of amides is 3. The minimum absolute atomic E-state index is 0.0430. The van der Waals surface area contributed by atoms with Crippen molar-refractivity contribution in [3.8, 4) is 5.75 Å². The van der Waals surface area contributed by atoms with Crippen LogP contribution in [0.1, 0.15) is 27.2 Å². The van der Waals surface area contributed by atoms with Crippen molar-refractivity contribution < 1.29 is 19.1 Å². The second-order valence-corrected chi connectivity index (χ2v) is 8.05. The summed E-state index contributed by atoms with van der Waals surface area (Å²) in [6.07, 6.45) is 1.16. The van der Waals surface area contributed by atoms with E-state index in [9.17, 15) is 14.4 Å². The fourth-order valence-electron chi connectivity index (χ4n) is 3.01. The van der Waals surface area contributed by atoms with Gasteiger partial charge in [-0.3, -0.25) is 14.4 Å². The number of benzene rings is 1. The Bertz CT molecular complexity index is 894. The van der Waals surface area contributed by atoms with Crippen LogP contribution in [0.15, 0.2) is 35.7 Å². The number of carbonyl (C=O) groups is 3. The fourth-order valence-corrected chi connectivity index (χ4v) is 3.90. The maximum absolute atomic E-state index is 12.4. The molecule has 2 heterocycles. The normalized spacial score (nSPS) is 12.8. The molecule has 29 heavy (non-hydrogen) atoms. The summed E-state index contributed by atoms with van der Waals surface area (Å²) in [6.45, 7) is 1.56. The highest BCUT2D eigenvalue weighted by Gasteiger charge is 2.21. The lowest BCUT2D eigenvalue weighted by Gasteiger charge is -2.27. The van der Waals surface area contributed by atoms with E-state index in [4.69, 9.17) is 4.74 Å². The Labute approximate surface area is 174 Å². The molecule has 8 heteroatoms. The Morgan fingerprint density at radius 3 is 2.86 bits per heavy atom. The van der Waals surface area contributed by atoms with Crippen LogP contribution in [0.25, 0.3) is 0 Å². The smallest absolute Gasteiger partial charge is 0.259 e. The van der Waals surface area contributed by atoms with Crippen LogP contribution < -0.4 is 10.1 Å². The van der Waals surface area contributed by atoms with E-state index in [0.29, 0.717) is 17.9 Å². The van der Waals surface area contributed by atoms with E-state index in [1.165, 1.54) is 15.3 Å². The molecule has 1 aromatic carbocycles. The zero-order valence-corrected chi connectivity index (χ0v) is 17.5. The van der Waals surface area contributed by atoms with Gasteiger partial charge in [0.2, 0.25) is 5.91 Å². The van der Waals surface area contributed by atoms with Crippen molar-refractivity contribution in [1.82, 2.24) is 15.1 Å². The molecule has 1 aliphatic rings. The third kappa shape index (κ3) is 5.57. The molecule has 0 atom stereocenters. The number of fused-ring (bicyclic) bond motifs is 1. The zero-order chi connectivity index (χ0) is 20.8. The van der Waals surface area contributed by atoms with Gasteiger partial charge in [0.05, 0.1) is 0 Å². The molecule has 154 valence electrons. The molecule has 0 radical (unpaired) electrons. The molecule has 2 aromatic rings. The highest BCUT2D eigenvalue weighted by molar-refractivity contribution is 7.10. The second kappa shape index (κ2) is 9.56. The Hall–Kier alpha value is -2.87. The van der Waals surface area contributed by atoms with Gasteiger partial charge in [-0.2, -0.15) is 0 Å². The summed E-state index contributed by atoms with van der Waals surface area (Å²) in [5.74, 6) is 0.0526. The lowest BCUT2D eigenvalue weighted by atomic mass is 10.1. The van der Waals surface area contributed by atoms with Crippen LogP contribution in [-0.4, -0.2) is 61.3 Å². The summed E-state index contributed by atoms with van der Waals surface area (Å²) in [7, 11) is 3.31. The van der Waals surface area contributed by atoms with Crippen LogP contribution in [0.4, 0.5) is 0 Å². The predicted octanol–water partition coefficient (Wildman–Crippen LogP) is 1.92. The summed E-state index contributed by atoms with van der Waals surface area (Å²) in [5.41, 5.74) is 1.65. The molecular weight excluding hydrogens is 390 g/mol. The molecule has 7 nitrogen and oxygen atoms in total. The van der Waals surface area contributed by atoms with E-state index in [2.05, 4.69) is 16.8 Å². The first-order valence-electron chi connectivity index (χ1n) is 9.48. The van der Waals surface area contributed by atoms with Gasteiger partial charge >= 0.3 is 0 Å². The molecule has 0 bridgehead atoms. The van der Waals surface area contributed by atoms with Crippen LogP contribution in [0, 0.1) is 0 Å². The van der Waals surface area contributed by atoms with E-state index in [1.54, 1.807) is 49.7 Å². The number of hydrogen-bond donors (Lipinski definition) is 1. The van der Waals surface area contributed by atoms with E-state index in [0.717, 1.165) is 13.0 Å². The first-order chi connectivity index (χ1) is 13.9. The molecule has 0 spiro atoms. The van der Waals surface area contributed by atoms with Gasteiger partial charge in [0.1, 0.15) is 5.75 Å². The SMILES string of the molecule is CN(C)C(=O)COc1cccc(C(=O)NCCC(=O)N2CCc3sccc3C2)c1. The molecule has 3 rings (SSSR count). The zero-order valence-electron chi connectivity index (χ0n) is 16.6. The molecule has 0 saturated heterocycles. The first kappa shape index (κ1) is 20.9.